The minimum atomic E-state index is -0.179. The van der Waals surface area contributed by atoms with E-state index in [2.05, 4.69) is 29.4 Å². The summed E-state index contributed by atoms with van der Waals surface area (Å²) in [6.45, 7) is 3.54. The second-order valence-corrected chi connectivity index (χ2v) is 8.07. The first kappa shape index (κ1) is 18.3. The van der Waals surface area contributed by atoms with Gasteiger partial charge < -0.3 is 14.7 Å². The van der Waals surface area contributed by atoms with E-state index in [-0.39, 0.29) is 17.7 Å². The van der Waals surface area contributed by atoms with Gasteiger partial charge in [-0.1, -0.05) is 6.07 Å². The first-order valence-corrected chi connectivity index (χ1v) is 10.1. The summed E-state index contributed by atoms with van der Waals surface area (Å²) in [7, 11) is 3.99. The molecule has 0 N–H and O–H groups in total. The van der Waals surface area contributed by atoms with Gasteiger partial charge in [-0.15, -0.1) is 11.8 Å². The fraction of sp³-hybridized carbons (Fsp3) is 0.579. The zero-order chi connectivity index (χ0) is 18.0. The van der Waals surface area contributed by atoms with Crippen LogP contribution >= 0.6 is 11.8 Å². The first-order valence-electron chi connectivity index (χ1n) is 8.85. The average molecular weight is 362 g/mol. The van der Waals surface area contributed by atoms with Gasteiger partial charge in [0, 0.05) is 44.0 Å². The highest BCUT2D eigenvalue weighted by Gasteiger charge is 2.37. The van der Waals surface area contributed by atoms with Crippen molar-refractivity contribution in [3.63, 3.8) is 0 Å². The van der Waals surface area contributed by atoms with Crippen LogP contribution in [-0.2, 0) is 22.6 Å². The Morgan fingerprint density at radius 3 is 2.84 bits per heavy atom. The number of fused-ring (bicyclic) bond motifs is 1. The molecule has 136 valence electrons. The lowest BCUT2D eigenvalue weighted by Crippen LogP contribution is -2.41. The molecule has 2 amide bonds. The molecule has 0 aromatic heterocycles. The van der Waals surface area contributed by atoms with Crippen LogP contribution in [0.25, 0.3) is 0 Å². The van der Waals surface area contributed by atoms with Crippen molar-refractivity contribution in [1.82, 2.24) is 14.7 Å². The van der Waals surface area contributed by atoms with Crippen LogP contribution in [0.5, 0.6) is 0 Å². The third-order valence-corrected chi connectivity index (χ3v) is 5.84. The number of likely N-dealkylation sites (N-methyl/N-ethyl adjacent to an activating group) is 1. The highest BCUT2D eigenvalue weighted by Crippen LogP contribution is 2.27. The van der Waals surface area contributed by atoms with Crippen LogP contribution in [0, 0.1) is 5.92 Å². The summed E-state index contributed by atoms with van der Waals surface area (Å²) < 4.78 is 0. The van der Waals surface area contributed by atoms with Gasteiger partial charge in [0.05, 0.1) is 5.92 Å². The van der Waals surface area contributed by atoms with Crippen LogP contribution in [0.4, 0.5) is 0 Å². The van der Waals surface area contributed by atoms with E-state index >= 15 is 0 Å². The van der Waals surface area contributed by atoms with Crippen molar-refractivity contribution in [2.24, 2.45) is 5.92 Å². The Morgan fingerprint density at radius 1 is 1.32 bits per heavy atom. The molecule has 0 saturated carbocycles. The van der Waals surface area contributed by atoms with Gasteiger partial charge in [0.15, 0.2) is 0 Å². The molecule has 1 fully saturated rings. The third kappa shape index (κ3) is 4.18. The van der Waals surface area contributed by atoms with Crippen LogP contribution in [0.2, 0.25) is 0 Å². The van der Waals surface area contributed by atoms with Crippen molar-refractivity contribution < 1.29 is 9.59 Å². The van der Waals surface area contributed by atoms with E-state index in [0.29, 0.717) is 26.1 Å². The standard InChI is InChI=1S/C19H27N3O2S/c1-20(2)8-9-21-13-16(11-18(21)23)19(24)22-7-6-14-10-17(25-3)5-4-15(14)12-22/h4-5,10,16H,6-9,11-13H2,1-3H3/t16-/m1/s1. The Kier molecular flexibility index (Phi) is 5.69. The Bertz CT molecular complexity index is 662. The van der Waals surface area contributed by atoms with Gasteiger partial charge in [-0.3, -0.25) is 9.59 Å². The van der Waals surface area contributed by atoms with Crippen molar-refractivity contribution in [2.75, 3.05) is 46.5 Å². The van der Waals surface area contributed by atoms with Crippen molar-refractivity contribution in [3.05, 3.63) is 29.3 Å². The van der Waals surface area contributed by atoms with E-state index < -0.39 is 0 Å². The number of thioether (sulfide) groups is 1. The lowest BCUT2D eigenvalue weighted by molar-refractivity contribution is -0.136. The maximum atomic E-state index is 12.9. The summed E-state index contributed by atoms with van der Waals surface area (Å²) in [4.78, 5) is 32.2. The summed E-state index contributed by atoms with van der Waals surface area (Å²) in [6, 6.07) is 6.51. The summed E-state index contributed by atoms with van der Waals surface area (Å²) in [5.41, 5.74) is 2.59. The minimum absolute atomic E-state index is 0.113. The van der Waals surface area contributed by atoms with Crippen molar-refractivity contribution >= 4 is 23.6 Å². The van der Waals surface area contributed by atoms with Gasteiger partial charge >= 0.3 is 0 Å². The molecule has 0 aliphatic carbocycles. The highest BCUT2D eigenvalue weighted by atomic mass is 32.2. The molecule has 2 aliphatic rings. The maximum Gasteiger partial charge on any atom is 0.228 e. The fourth-order valence-corrected chi connectivity index (χ4v) is 4.04. The zero-order valence-electron chi connectivity index (χ0n) is 15.3. The largest absolute Gasteiger partial charge is 0.341 e. The third-order valence-electron chi connectivity index (χ3n) is 5.12. The summed E-state index contributed by atoms with van der Waals surface area (Å²) >= 11 is 1.75. The molecule has 0 radical (unpaired) electrons. The van der Waals surface area contributed by atoms with Crippen molar-refractivity contribution in [1.29, 1.82) is 0 Å². The van der Waals surface area contributed by atoms with Crippen LogP contribution in [0.15, 0.2) is 23.1 Å². The number of rotatable bonds is 5. The molecule has 0 spiro atoms. The predicted molar refractivity (Wildman–Crippen MR) is 101 cm³/mol. The molecule has 3 rings (SSSR count). The van der Waals surface area contributed by atoms with Crippen molar-refractivity contribution in [3.8, 4) is 0 Å². The van der Waals surface area contributed by atoms with Gasteiger partial charge in [0.25, 0.3) is 0 Å². The second kappa shape index (κ2) is 7.79. The van der Waals surface area contributed by atoms with Gasteiger partial charge in [-0.2, -0.15) is 0 Å². The Labute approximate surface area is 154 Å². The monoisotopic (exact) mass is 361 g/mol. The molecule has 5 nitrogen and oxygen atoms in total. The number of hydrogen-bond acceptors (Lipinski definition) is 4. The van der Waals surface area contributed by atoms with E-state index in [1.54, 1.807) is 11.8 Å². The molecule has 6 heteroatoms. The van der Waals surface area contributed by atoms with Crippen LogP contribution in [0.1, 0.15) is 17.5 Å². The van der Waals surface area contributed by atoms with Gasteiger partial charge in [-0.25, -0.2) is 0 Å². The smallest absolute Gasteiger partial charge is 0.228 e. The Balaban J connectivity index is 1.61. The van der Waals surface area contributed by atoms with E-state index in [4.69, 9.17) is 0 Å². The lowest BCUT2D eigenvalue weighted by atomic mass is 9.98. The van der Waals surface area contributed by atoms with Gasteiger partial charge in [0.1, 0.15) is 0 Å². The maximum absolute atomic E-state index is 12.9. The van der Waals surface area contributed by atoms with E-state index in [9.17, 15) is 9.59 Å². The topological polar surface area (TPSA) is 43.9 Å². The molecule has 2 heterocycles. The summed E-state index contributed by atoms with van der Waals surface area (Å²) in [6.07, 6.45) is 3.35. The second-order valence-electron chi connectivity index (χ2n) is 7.19. The Hall–Kier alpha value is -1.53. The van der Waals surface area contributed by atoms with Crippen LogP contribution in [0.3, 0.4) is 0 Å². The fourth-order valence-electron chi connectivity index (χ4n) is 3.58. The number of benzene rings is 1. The highest BCUT2D eigenvalue weighted by molar-refractivity contribution is 7.98. The molecule has 1 aromatic rings. The SMILES string of the molecule is CSc1ccc2c(c1)CCN(C(=O)[C@@H]1CC(=O)N(CCN(C)C)C1)C2. The first-order chi connectivity index (χ1) is 12.0. The molecule has 25 heavy (non-hydrogen) atoms. The van der Waals surface area contributed by atoms with E-state index in [1.165, 1.54) is 16.0 Å². The normalized spacial score (nSPS) is 20.3. The predicted octanol–water partition coefficient (Wildman–Crippen LogP) is 1.70. The molecular formula is C19H27N3O2S. The summed E-state index contributed by atoms with van der Waals surface area (Å²) in [5, 5.41) is 0. The molecule has 1 aromatic carbocycles. The molecular weight excluding hydrogens is 334 g/mol. The number of carbonyl (C=O) groups excluding carboxylic acids is 2. The quantitative estimate of drug-likeness (QED) is 0.749. The summed E-state index contributed by atoms with van der Waals surface area (Å²) in [5.74, 6) is 0.0733. The molecule has 0 unspecified atom stereocenters. The average Bonchev–Trinajstić information content (AvgIpc) is 2.99. The Morgan fingerprint density at radius 2 is 2.12 bits per heavy atom. The van der Waals surface area contributed by atoms with Crippen LogP contribution in [-0.4, -0.2) is 73.0 Å². The van der Waals surface area contributed by atoms with E-state index in [0.717, 1.165) is 19.5 Å². The molecule has 2 aliphatic heterocycles. The number of likely N-dealkylation sites (tertiary alicyclic amines) is 1. The van der Waals surface area contributed by atoms with Crippen molar-refractivity contribution in [2.45, 2.75) is 24.3 Å². The number of amides is 2. The minimum Gasteiger partial charge on any atom is -0.341 e. The number of hydrogen-bond donors (Lipinski definition) is 0. The van der Waals surface area contributed by atoms with Crippen LogP contribution < -0.4 is 0 Å². The molecule has 0 bridgehead atoms. The lowest BCUT2D eigenvalue weighted by Gasteiger charge is -2.31. The molecule has 1 atom stereocenters. The number of nitrogens with zero attached hydrogens (tertiary/aromatic N) is 3. The van der Waals surface area contributed by atoms with Gasteiger partial charge in [-0.05, 0) is 50.0 Å². The van der Waals surface area contributed by atoms with E-state index in [1.807, 2.05) is 23.9 Å². The van der Waals surface area contributed by atoms with Gasteiger partial charge in [0.2, 0.25) is 11.8 Å². The number of carbonyl (C=O) groups is 2. The zero-order valence-corrected chi connectivity index (χ0v) is 16.1. The molecule has 1 saturated heterocycles.